The van der Waals surface area contributed by atoms with E-state index in [4.69, 9.17) is 15.0 Å². The fourth-order valence-corrected chi connectivity index (χ4v) is 3.16. The van der Waals surface area contributed by atoms with Crippen molar-refractivity contribution in [1.29, 1.82) is 0 Å². The quantitative estimate of drug-likeness (QED) is 0.565. The minimum absolute atomic E-state index is 0.201. The number of rotatable bonds is 6. The van der Waals surface area contributed by atoms with Crippen molar-refractivity contribution in [2.45, 2.75) is 19.3 Å². The average molecular weight is 440 g/mol. The lowest BCUT2D eigenvalue weighted by Gasteiger charge is -2.19. The molecule has 0 bridgehead atoms. The number of nitrogens with zero attached hydrogens (tertiary/aromatic N) is 3. The van der Waals surface area contributed by atoms with Crippen LogP contribution in [0.4, 0.5) is 5.82 Å². The Morgan fingerprint density at radius 1 is 1.21 bits per heavy atom. The van der Waals surface area contributed by atoms with E-state index in [9.17, 15) is 0 Å². The Balaban J connectivity index is 1.33. The Bertz CT molecular complexity index is 1030. The number of ether oxygens (including phenoxy) is 1. The van der Waals surface area contributed by atoms with Gasteiger partial charge < -0.3 is 20.3 Å². The van der Waals surface area contributed by atoms with E-state index in [0.29, 0.717) is 24.6 Å². The second kappa shape index (κ2) is 8.37. The fourth-order valence-electron chi connectivity index (χ4n) is 2.78. The summed E-state index contributed by atoms with van der Waals surface area (Å²) < 4.78 is 12.0. The van der Waals surface area contributed by atoms with Crippen LogP contribution in [0.5, 0.6) is 0 Å². The number of nitrogens with two attached hydrogens (primary N) is 1. The number of pyridine rings is 2. The van der Waals surface area contributed by atoms with Crippen molar-refractivity contribution in [3.8, 4) is 11.3 Å². The molecule has 0 aliphatic carbocycles. The average Bonchev–Trinajstić information content (AvgIpc) is 3.16. The molecule has 28 heavy (non-hydrogen) atoms. The lowest BCUT2D eigenvalue weighted by atomic mass is 10.1. The highest BCUT2D eigenvalue weighted by Gasteiger charge is 2.13. The summed E-state index contributed by atoms with van der Waals surface area (Å²) in [5.41, 5.74) is 9.37. The fraction of sp³-hybridized carbons (Fsp3) is 0.150. The SMILES string of the molecule is Nc1ncccc1-c1cc(CC2=CNC(OCc3cccc(Br)n3)C=C2)no1. The minimum atomic E-state index is -0.201. The van der Waals surface area contributed by atoms with Gasteiger partial charge in [-0.15, -0.1) is 0 Å². The summed E-state index contributed by atoms with van der Waals surface area (Å²) in [6.07, 6.45) is 7.98. The zero-order valence-corrected chi connectivity index (χ0v) is 16.5. The largest absolute Gasteiger partial charge is 0.383 e. The third kappa shape index (κ3) is 4.47. The van der Waals surface area contributed by atoms with Crippen LogP contribution in [0.3, 0.4) is 0 Å². The van der Waals surface area contributed by atoms with Crippen LogP contribution >= 0.6 is 15.9 Å². The van der Waals surface area contributed by atoms with Crippen molar-refractivity contribution in [1.82, 2.24) is 20.4 Å². The van der Waals surface area contributed by atoms with Gasteiger partial charge in [-0.25, -0.2) is 9.97 Å². The molecular formula is C20H18BrN5O2. The summed E-state index contributed by atoms with van der Waals surface area (Å²) in [7, 11) is 0. The maximum atomic E-state index is 5.89. The van der Waals surface area contributed by atoms with Crippen LogP contribution < -0.4 is 11.1 Å². The van der Waals surface area contributed by atoms with Crippen molar-refractivity contribution in [2.24, 2.45) is 0 Å². The predicted octanol–water partition coefficient (Wildman–Crippen LogP) is 3.61. The Kier molecular flexibility index (Phi) is 5.50. The van der Waals surface area contributed by atoms with Gasteiger partial charge in [-0.2, -0.15) is 0 Å². The van der Waals surface area contributed by atoms with Crippen LogP contribution in [0.15, 0.2) is 75.6 Å². The zero-order valence-electron chi connectivity index (χ0n) is 14.9. The van der Waals surface area contributed by atoms with Crippen molar-refractivity contribution in [2.75, 3.05) is 5.73 Å². The molecule has 3 aromatic heterocycles. The molecule has 4 rings (SSSR count). The normalized spacial score (nSPS) is 15.9. The van der Waals surface area contributed by atoms with Crippen LogP contribution in [0.2, 0.25) is 0 Å². The molecule has 8 heteroatoms. The molecule has 3 N–H and O–H groups in total. The lowest BCUT2D eigenvalue weighted by Crippen LogP contribution is -2.28. The van der Waals surface area contributed by atoms with Gasteiger partial charge in [-0.3, -0.25) is 0 Å². The molecule has 1 atom stereocenters. The number of hydrogen-bond acceptors (Lipinski definition) is 7. The second-order valence-electron chi connectivity index (χ2n) is 6.22. The first-order valence-corrected chi connectivity index (χ1v) is 9.49. The molecule has 0 saturated carbocycles. The van der Waals surface area contributed by atoms with E-state index in [1.54, 1.807) is 6.20 Å². The topological polar surface area (TPSA) is 99.1 Å². The standard InChI is InChI=1S/C20H18BrN5O2/c21-18-5-1-3-14(25-18)12-27-19-7-6-13(11-24-19)9-15-10-17(28-26-15)16-4-2-8-23-20(16)22/h1-8,10-11,19,24H,9,12H2,(H2,22,23). The Morgan fingerprint density at radius 2 is 2.14 bits per heavy atom. The van der Waals surface area contributed by atoms with E-state index in [0.717, 1.165) is 27.1 Å². The molecule has 1 aliphatic rings. The van der Waals surface area contributed by atoms with Crippen molar-refractivity contribution >= 4 is 21.7 Å². The molecule has 4 heterocycles. The first-order valence-electron chi connectivity index (χ1n) is 8.70. The number of dihydropyridines is 1. The summed E-state index contributed by atoms with van der Waals surface area (Å²) in [4.78, 5) is 8.42. The van der Waals surface area contributed by atoms with Crippen molar-refractivity contribution < 1.29 is 9.26 Å². The summed E-state index contributed by atoms with van der Waals surface area (Å²) >= 11 is 3.36. The van der Waals surface area contributed by atoms with Gasteiger partial charge in [0.2, 0.25) is 0 Å². The second-order valence-corrected chi connectivity index (χ2v) is 7.04. The van der Waals surface area contributed by atoms with Crippen LogP contribution in [0.1, 0.15) is 11.4 Å². The number of allylic oxidation sites excluding steroid dienone is 2. The highest BCUT2D eigenvalue weighted by atomic mass is 79.9. The van der Waals surface area contributed by atoms with Crippen molar-refractivity contribution in [3.63, 3.8) is 0 Å². The zero-order chi connectivity index (χ0) is 19.3. The highest BCUT2D eigenvalue weighted by Crippen LogP contribution is 2.25. The molecule has 0 saturated heterocycles. The van der Waals surface area contributed by atoms with Gasteiger partial charge in [-0.1, -0.05) is 17.3 Å². The van der Waals surface area contributed by atoms with E-state index in [-0.39, 0.29) is 6.23 Å². The maximum Gasteiger partial charge on any atom is 0.170 e. The maximum absolute atomic E-state index is 5.89. The van der Waals surface area contributed by atoms with E-state index in [1.807, 2.05) is 54.8 Å². The summed E-state index contributed by atoms with van der Waals surface area (Å²) in [6.45, 7) is 0.420. The van der Waals surface area contributed by atoms with E-state index in [1.165, 1.54) is 0 Å². The molecule has 1 unspecified atom stereocenters. The molecule has 142 valence electrons. The third-order valence-corrected chi connectivity index (χ3v) is 4.59. The Labute approximate surface area is 170 Å². The number of nitrogens with one attached hydrogen (secondary N) is 1. The number of hydrogen-bond donors (Lipinski definition) is 2. The summed E-state index contributed by atoms with van der Waals surface area (Å²) in [5, 5.41) is 7.35. The molecule has 3 aromatic rings. The first-order chi connectivity index (χ1) is 13.7. The molecule has 0 radical (unpaired) electrons. The number of anilines is 1. The van der Waals surface area contributed by atoms with Crippen LogP contribution in [-0.2, 0) is 17.8 Å². The molecule has 0 spiro atoms. The first kappa shape index (κ1) is 18.4. The minimum Gasteiger partial charge on any atom is -0.383 e. The number of aromatic nitrogens is 3. The molecule has 0 fully saturated rings. The highest BCUT2D eigenvalue weighted by molar-refractivity contribution is 9.10. The van der Waals surface area contributed by atoms with E-state index in [2.05, 4.69) is 36.4 Å². The predicted molar refractivity (Wildman–Crippen MR) is 109 cm³/mol. The van der Waals surface area contributed by atoms with Gasteiger partial charge in [0.1, 0.15) is 16.6 Å². The smallest absolute Gasteiger partial charge is 0.170 e. The summed E-state index contributed by atoms with van der Waals surface area (Å²) in [6, 6.07) is 11.3. The third-order valence-electron chi connectivity index (χ3n) is 4.15. The van der Waals surface area contributed by atoms with E-state index < -0.39 is 0 Å². The molecule has 0 amide bonds. The van der Waals surface area contributed by atoms with Gasteiger partial charge >= 0.3 is 0 Å². The van der Waals surface area contributed by atoms with Gasteiger partial charge in [-0.05, 0) is 51.8 Å². The van der Waals surface area contributed by atoms with Gasteiger partial charge in [0.05, 0.1) is 23.6 Å². The molecule has 1 aliphatic heterocycles. The van der Waals surface area contributed by atoms with Crippen molar-refractivity contribution in [3.05, 3.63) is 82.5 Å². The number of nitrogen functional groups attached to an aromatic ring is 1. The summed E-state index contributed by atoms with van der Waals surface area (Å²) in [5.74, 6) is 1.03. The number of halogens is 1. The van der Waals surface area contributed by atoms with Gasteiger partial charge in [0.15, 0.2) is 5.76 Å². The van der Waals surface area contributed by atoms with Crippen LogP contribution in [-0.4, -0.2) is 21.4 Å². The molecule has 7 nitrogen and oxygen atoms in total. The van der Waals surface area contributed by atoms with Gasteiger partial charge in [0, 0.05) is 24.9 Å². The monoisotopic (exact) mass is 439 g/mol. The Hall–Kier alpha value is -2.97. The van der Waals surface area contributed by atoms with Crippen LogP contribution in [0, 0.1) is 0 Å². The van der Waals surface area contributed by atoms with Crippen LogP contribution in [0.25, 0.3) is 11.3 Å². The molecule has 0 aromatic carbocycles. The lowest BCUT2D eigenvalue weighted by molar-refractivity contribution is 0.0557. The molecular weight excluding hydrogens is 422 g/mol. The van der Waals surface area contributed by atoms with Gasteiger partial charge in [0.25, 0.3) is 0 Å². The van der Waals surface area contributed by atoms with E-state index >= 15 is 0 Å². The Morgan fingerprint density at radius 3 is 2.93 bits per heavy atom.